The lowest BCUT2D eigenvalue weighted by Crippen LogP contribution is -2.23. The van der Waals surface area contributed by atoms with Crippen molar-refractivity contribution in [3.8, 4) is 5.75 Å². The summed E-state index contributed by atoms with van der Waals surface area (Å²) in [5.74, 6) is 0.512. The number of ether oxygens (including phenoxy) is 1. The van der Waals surface area contributed by atoms with Gasteiger partial charge < -0.3 is 10.5 Å². The Bertz CT molecular complexity index is 900. The summed E-state index contributed by atoms with van der Waals surface area (Å²) >= 11 is 0. The van der Waals surface area contributed by atoms with Gasteiger partial charge in [-0.15, -0.1) is 13.2 Å². The minimum Gasteiger partial charge on any atom is -0.406 e. The van der Waals surface area contributed by atoms with Crippen molar-refractivity contribution in [2.24, 2.45) is 11.7 Å². The minimum absolute atomic E-state index is 0.0629. The van der Waals surface area contributed by atoms with Crippen LogP contribution in [0.3, 0.4) is 0 Å². The third kappa shape index (κ3) is 4.83. The Morgan fingerprint density at radius 1 is 0.967 bits per heavy atom. The molecule has 4 rings (SSSR count). The number of rotatable bonds is 6. The van der Waals surface area contributed by atoms with Gasteiger partial charge in [-0.05, 0) is 79.7 Å². The van der Waals surface area contributed by atoms with Crippen molar-refractivity contribution >= 4 is 5.78 Å². The topological polar surface area (TPSA) is 65.2 Å². The fourth-order valence-electron chi connectivity index (χ4n) is 4.37. The highest BCUT2D eigenvalue weighted by Crippen LogP contribution is 2.43. The normalized spacial score (nSPS) is 22.0. The zero-order valence-electron chi connectivity index (χ0n) is 16.6. The van der Waals surface area contributed by atoms with E-state index in [9.17, 15) is 18.0 Å². The van der Waals surface area contributed by atoms with Gasteiger partial charge in [-0.2, -0.15) is 0 Å². The minimum atomic E-state index is -4.69. The summed E-state index contributed by atoms with van der Waals surface area (Å²) < 4.78 is 40.9. The molecule has 0 radical (unpaired) electrons. The van der Waals surface area contributed by atoms with Gasteiger partial charge in [0.15, 0.2) is 5.78 Å². The monoisotopic (exact) mass is 418 g/mol. The predicted octanol–water partition coefficient (Wildman–Crippen LogP) is 5.47. The molecule has 1 aromatic heterocycles. The highest BCUT2D eigenvalue weighted by molar-refractivity contribution is 5.97. The number of hydrogen-bond acceptors (Lipinski definition) is 4. The molecule has 0 unspecified atom stereocenters. The summed E-state index contributed by atoms with van der Waals surface area (Å²) in [4.78, 5) is 17.8. The fraction of sp³-hybridized carbons (Fsp3) is 0.478. The van der Waals surface area contributed by atoms with Crippen LogP contribution in [0, 0.1) is 5.92 Å². The van der Waals surface area contributed by atoms with E-state index in [0.29, 0.717) is 18.2 Å². The molecule has 2 saturated carbocycles. The average molecular weight is 418 g/mol. The van der Waals surface area contributed by atoms with Gasteiger partial charge >= 0.3 is 6.36 Å². The van der Waals surface area contributed by atoms with Gasteiger partial charge in [-0.25, -0.2) is 4.98 Å². The molecule has 160 valence electrons. The van der Waals surface area contributed by atoms with E-state index in [4.69, 9.17) is 5.73 Å². The first kappa shape index (κ1) is 20.8. The molecule has 7 heteroatoms. The van der Waals surface area contributed by atoms with E-state index in [-0.39, 0.29) is 23.4 Å². The van der Waals surface area contributed by atoms with Crippen LogP contribution in [0.1, 0.15) is 77.7 Å². The zero-order valence-corrected chi connectivity index (χ0v) is 16.6. The lowest BCUT2D eigenvalue weighted by Gasteiger charge is -2.28. The average Bonchev–Trinajstić information content (AvgIpc) is 3.58. The van der Waals surface area contributed by atoms with Gasteiger partial charge in [0.2, 0.25) is 0 Å². The second-order valence-corrected chi connectivity index (χ2v) is 8.25. The van der Waals surface area contributed by atoms with Gasteiger partial charge in [0.05, 0.1) is 5.69 Å². The molecule has 2 aromatic rings. The standard InChI is InChI=1S/C23H25F3N2O2/c24-23(25,26)30-19-10-7-15(8-11-19)14-1-5-17(6-2-14)22(29)21-20(16-3-4-16)12-9-18(13-27)28-21/h7-12,14,16-17H,1-6,13,27H2. The van der Waals surface area contributed by atoms with E-state index in [0.717, 1.165) is 55.3 Å². The molecule has 0 spiro atoms. The maximum absolute atomic E-state index is 13.2. The molecule has 0 atom stereocenters. The first-order valence-electron chi connectivity index (χ1n) is 10.4. The Balaban J connectivity index is 1.41. The van der Waals surface area contributed by atoms with Crippen LogP contribution in [-0.4, -0.2) is 17.1 Å². The van der Waals surface area contributed by atoms with E-state index < -0.39 is 6.36 Å². The molecule has 2 aliphatic carbocycles. The summed E-state index contributed by atoms with van der Waals surface area (Å²) in [5.41, 5.74) is 9.09. The largest absolute Gasteiger partial charge is 0.573 e. The molecule has 2 N–H and O–H groups in total. The molecule has 0 bridgehead atoms. The number of Topliss-reactive ketones (excluding diaryl/α,β-unsaturated/α-hetero) is 1. The third-order valence-electron chi connectivity index (χ3n) is 6.13. The summed E-state index contributed by atoms with van der Waals surface area (Å²) in [6, 6.07) is 9.99. The van der Waals surface area contributed by atoms with E-state index in [1.165, 1.54) is 12.1 Å². The SMILES string of the molecule is NCc1ccc(C2CC2)c(C(=O)C2CCC(c3ccc(OC(F)(F)F)cc3)CC2)n1. The van der Waals surface area contributed by atoms with Crippen LogP contribution in [0.2, 0.25) is 0 Å². The predicted molar refractivity (Wildman–Crippen MR) is 106 cm³/mol. The smallest absolute Gasteiger partial charge is 0.406 e. The van der Waals surface area contributed by atoms with Crippen molar-refractivity contribution in [2.45, 2.75) is 63.3 Å². The Kier molecular flexibility index (Phi) is 5.82. The quantitative estimate of drug-likeness (QED) is 0.632. The Morgan fingerprint density at radius 3 is 2.17 bits per heavy atom. The van der Waals surface area contributed by atoms with Crippen LogP contribution in [0.4, 0.5) is 13.2 Å². The number of carbonyl (C=O) groups is 1. The number of nitrogens with two attached hydrogens (primary N) is 1. The number of nitrogens with zero attached hydrogens (tertiary/aromatic N) is 1. The van der Waals surface area contributed by atoms with Gasteiger partial charge in [-0.3, -0.25) is 4.79 Å². The summed E-state index contributed by atoms with van der Waals surface area (Å²) in [5, 5.41) is 0. The van der Waals surface area contributed by atoms with Crippen molar-refractivity contribution in [1.82, 2.24) is 4.98 Å². The number of carbonyl (C=O) groups excluding carboxylic acids is 1. The van der Waals surface area contributed by atoms with Crippen molar-refractivity contribution < 1.29 is 22.7 Å². The fourth-order valence-corrected chi connectivity index (χ4v) is 4.37. The number of halogens is 3. The molecule has 2 aliphatic rings. The van der Waals surface area contributed by atoms with Crippen LogP contribution in [0.15, 0.2) is 36.4 Å². The highest BCUT2D eigenvalue weighted by atomic mass is 19.4. The first-order chi connectivity index (χ1) is 14.3. The maximum atomic E-state index is 13.2. The Hall–Kier alpha value is -2.41. The zero-order chi connectivity index (χ0) is 21.3. The van der Waals surface area contributed by atoms with Crippen LogP contribution in [0.5, 0.6) is 5.75 Å². The van der Waals surface area contributed by atoms with Crippen molar-refractivity contribution in [3.05, 3.63) is 58.9 Å². The molecule has 4 nitrogen and oxygen atoms in total. The van der Waals surface area contributed by atoms with Crippen molar-refractivity contribution in [3.63, 3.8) is 0 Å². The van der Waals surface area contributed by atoms with Crippen molar-refractivity contribution in [2.75, 3.05) is 0 Å². The summed E-state index contributed by atoms with van der Waals surface area (Å²) in [7, 11) is 0. The third-order valence-corrected chi connectivity index (χ3v) is 6.13. The van der Waals surface area contributed by atoms with Crippen LogP contribution < -0.4 is 10.5 Å². The molecule has 1 aromatic carbocycles. The molecule has 1 heterocycles. The van der Waals surface area contributed by atoms with Crippen LogP contribution in [0.25, 0.3) is 0 Å². The molecule has 0 saturated heterocycles. The molecular formula is C23H25F3N2O2. The summed E-state index contributed by atoms with van der Waals surface area (Å²) in [6.07, 6.45) is 0.673. The first-order valence-corrected chi connectivity index (χ1v) is 10.4. The van der Waals surface area contributed by atoms with Crippen molar-refractivity contribution in [1.29, 1.82) is 0 Å². The second-order valence-electron chi connectivity index (χ2n) is 8.25. The van der Waals surface area contributed by atoms with Gasteiger partial charge in [0.1, 0.15) is 11.4 Å². The molecule has 2 fully saturated rings. The van der Waals surface area contributed by atoms with Crippen LogP contribution >= 0.6 is 0 Å². The maximum Gasteiger partial charge on any atom is 0.573 e. The van der Waals surface area contributed by atoms with Gasteiger partial charge in [0, 0.05) is 12.5 Å². The molecule has 30 heavy (non-hydrogen) atoms. The lowest BCUT2D eigenvalue weighted by molar-refractivity contribution is -0.274. The molecular weight excluding hydrogens is 393 g/mol. The number of aromatic nitrogens is 1. The number of benzene rings is 1. The van der Waals surface area contributed by atoms with E-state index in [1.807, 2.05) is 12.1 Å². The van der Waals surface area contributed by atoms with E-state index in [2.05, 4.69) is 9.72 Å². The number of pyridine rings is 1. The molecule has 0 aliphatic heterocycles. The van der Waals surface area contributed by atoms with E-state index in [1.54, 1.807) is 12.1 Å². The Morgan fingerprint density at radius 2 is 1.60 bits per heavy atom. The van der Waals surface area contributed by atoms with Gasteiger partial charge in [-0.1, -0.05) is 18.2 Å². The lowest BCUT2D eigenvalue weighted by atomic mass is 9.76. The van der Waals surface area contributed by atoms with Crippen LogP contribution in [-0.2, 0) is 6.54 Å². The highest BCUT2D eigenvalue weighted by Gasteiger charge is 2.34. The number of hydrogen-bond donors (Lipinski definition) is 1. The van der Waals surface area contributed by atoms with E-state index >= 15 is 0 Å². The second kappa shape index (κ2) is 8.38. The number of ketones is 1. The molecule has 0 amide bonds. The van der Waals surface area contributed by atoms with Gasteiger partial charge in [0.25, 0.3) is 0 Å². The number of alkyl halides is 3. The summed E-state index contributed by atoms with van der Waals surface area (Å²) in [6.45, 7) is 0.312. The Labute approximate surface area is 173 Å².